The van der Waals surface area contributed by atoms with E-state index in [1.165, 1.54) is 12.3 Å². The van der Waals surface area contributed by atoms with E-state index in [0.29, 0.717) is 5.71 Å². The van der Waals surface area contributed by atoms with Gasteiger partial charge in [-0.3, -0.25) is 19.8 Å². The maximum Gasteiger partial charge on any atom is 0.328 e. The Kier molecular flexibility index (Phi) is 3.66. The zero-order valence-electron chi connectivity index (χ0n) is 9.15. The number of rotatable bonds is 3. The molecule has 0 saturated carbocycles. The van der Waals surface area contributed by atoms with Crippen molar-refractivity contribution >= 4 is 11.8 Å². The van der Waals surface area contributed by atoms with Gasteiger partial charge in [-0.05, 0) is 13.0 Å². The van der Waals surface area contributed by atoms with E-state index >= 15 is 0 Å². The molecular formula is C10H12N4O3. The number of aromatic hydroxyl groups is 1. The quantitative estimate of drug-likeness (QED) is 0.536. The topological polar surface area (TPSA) is 124 Å². The largest absolute Gasteiger partial charge is 0.494 e. The molecule has 7 nitrogen and oxygen atoms in total. The predicted molar refractivity (Wildman–Crippen MR) is 64.8 cm³/mol. The Labute approximate surface area is 96.0 Å². The minimum atomic E-state index is -0.792. The molecule has 1 rings (SSSR count). The number of nitrogens with zero attached hydrogens (tertiary/aromatic N) is 1. The summed E-state index contributed by atoms with van der Waals surface area (Å²) in [6.07, 6.45) is 2.51. The lowest BCUT2D eigenvalue weighted by Crippen LogP contribution is -2.24. The van der Waals surface area contributed by atoms with Crippen LogP contribution in [0.2, 0.25) is 0 Å². The van der Waals surface area contributed by atoms with Gasteiger partial charge in [-0.1, -0.05) is 6.58 Å². The van der Waals surface area contributed by atoms with Crippen LogP contribution >= 0.6 is 0 Å². The zero-order chi connectivity index (χ0) is 13.0. The van der Waals surface area contributed by atoms with E-state index < -0.39 is 17.1 Å². The first-order valence-electron chi connectivity index (χ1n) is 4.64. The van der Waals surface area contributed by atoms with Crippen molar-refractivity contribution < 1.29 is 5.11 Å². The summed E-state index contributed by atoms with van der Waals surface area (Å²) in [5, 5.41) is 9.40. The molecule has 1 aromatic rings. The Balaban J connectivity index is 3.33. The van der Waals surface area contributed by atoms with Gasteiger partial charge in [0.15, 0.2) is 0 Å². The second kappa shape index (κ2) is 4.97. The van der Waals surface area contributed by atoms with Crippen LogP contribution in [0, 0.1) is 0 Å². The third-order valence-electron chi connectivity index (χ3n) is 1.96. The number of H-pyrrole nitrogens is 2. The third-order valence-corrected chi connectivity index (χ3v) is 1.96. The van der Waals surface area contributed by atoms with Gasteiger partial charge in [-0.2, -0.15) is 0 Å². The molecule has 0 fully saturated rings. The number of nitrogens with one attached hydrogen (secondary N) is 2. The highest BCUT2D eigenvalue weighted by Crippen LogP contribution is 2.09. The van der Waals surface area contributed by atoms with Crippen LogP contribution in [-0.2, 0) is 0 Å². The molecule has 0 aliphatic carbocycles. The molecule has 0 amide bonds. The molecule has 0 aliphatic heterocycles. The lowest BCUT2D eigenvalue weighted by Gasteiger charge is -2.00. The Morgan fingerprint density at radius 2 is 2.12 bits per heavy atom. The Bertz CT molecular complexity index is 607. The summed E-state index contributed by atoms with van der Waals surface area (Å²) >= 11 is 0. The number of hydrogen-bond acceptors (Lipinski definition) is 5. The van der Waals surface area contributed by atoms with Gasteiger partial charge in [0.25, 0.3) is 5.56 Å². The van der Waals surface area contributed by atoms with E-state index in [4.69, 9.17) is 5.73 Å². The Morgan fingerprint density at radius 3 is 2.65 bits per heavy atom. The summed E-state index contributed by atoms with van der Waals surface area (Å²) in [4.78, 5) is 30.0. The maximum atomic E-state index is 11.4. The van der Waals surface area contributed by atoms with Crippen molar-refractivity contribution in [2.24, 2.45) is 10.7 Å². The fourth-order valence-corrected chi connectivity index (χ4v) is 1.09. The van der Waals surface area contributed by atoms with Crippen LogP contribution in [0.3, 0.4) is 0 Å². The normalized spacial score (nSPS) is 12.5. The Morgan fingerprint density at radius 1 is 1.47 bits per heavy atom. The molecule has 17 heavy (non-hydrogen) atoms. The van der Waals surface area contributed by atoms with Gasteiger partial charge in [0.1, 0.15) is 5.56 Å². The number of hydrogen-bond donors (Lipinski definition) is 4. The summed E-state index contributed by atoms with van der Waals surface area (Å²) in [5.41, 5.74) is 4.59. The smallest absolute Gasteiger partial charge is 0.328 e. The van der Waals surface area contributed by atoms with Crippen LogP contribution in [0.4, 0.5) is 0 Å². The van der Waals surface area contributed by atoms with Crippen LogP contribution < -0.4 is 17.0 Å². The first-order valence-corrected chi connectivity index (χ1v) is 4.64. The van der Waals surface area contributed by atoms with Gasteiger partial charge in [-0.15, -0.1) is 0 Å². The molecule has 7 heteroatoms. The maximum absolute atomic E-state index is 11.4. The average Bonchev–Trinajstić information content (AvgIpc) is 2.23. The highest BCUT2D eigenvalue weighted by Gasteiger charge is 2.07. The molecule has 0 radical (unpaired) electrons. The van der Waals surface area contributed by atoms with Crippen molar-refractivity contribution in [2.45, 2.75) is 6.92 Å². The fraction of sp³-hybridized carbons (Fsp3) is 0.100. The molecule has 1 heterocycles. The summed E-state index contributed by atoms with van der Waals surface area (Å²) in [7, 11) is 0. The SMILES string of the molecule is C=CN=C(C)C(N)=Cc1c(O)[nH]c(=O)[nH]c1=O. The lowest BCUT2D eigenvalue weighted by molar-refractivity contribution is 0.447. The fourth-order valence-electron chi connectivity index (χ4n) is 1.09. The van der Waals surface area contributed by atoms with E-state index in [0.717, 1.165) is 0 Å². The predicted octanol–water partition coefficient (Wildman–Crippen LogP) is -0.327. The summed E-state index contributed by atoms with van der Waals surface area (Å²) < 4.78 is 0. The molecule has 0 saturated heterocycles. The molecule has 1 aromatic heterocycles. The van der Waals surface area contributed by atoms with Gasteiger partial charge < -0.3 is 10.8 Å². The van der Waals surface area contributed by atoms with Gasteiger partial charge in [-0.25, -0.2) is 4.79 Å². The third kappa shape index (κ3) is 2.94. The van der Waals surface area contributed by atoms with Gasteiger partial charge in [0, 0.05) is 6.20 Å². The average molecular weight is 236 g/mol. The van der Waals surface area contributed by atoms with Crippen molar-refractivity contribution in [1.29, 1.82) is 0 Å². The molecular weight excluding hydrogens is 224 g/mol. The van der Waals surface area contributed by atoms with Crippen molar-refractivity contribution in [3.63, 3.8) is 0 Å². The molecule has 0 bridgehead atoms. The molecule has 0 aromatic carbocycles. The van der Waals surface area contributed by atoms with E-state index in [-0.39, 0.29) is 11.3 Å². The van der Waals surface area contributed by atoms with Crippen molar-refractivity contribution in [1.82, 2.24) is 9.97 Å². The van der Waals surface area contributed by atoms with Gasteiger partial charge >= 0.3 is 5.69 Å². The molecule has 0 spiro atoms. The van der Waals surface area contributed by atoms with Crippen LogP contribution in [0.25, 0.3) is 6.08 Å². The first kappa shape index (κ1) is 12.5. The minimum Gasteiger partial charge on any atom is -0.494 e. The van der Waals surface area contributed by atoms with Crippen molar-refractivity contribution in [3.05, 3.63) is 44.9 Å². The van der Waals surface area contributed by atoms with E-state index in [1.54, 1.807) is 6.92 Å². The van der Waals surface area contributed by atoms with Crippen molar-refractivity contribution in [2.75, 3.05) is 0 Å². The van der Waals surface area contributed by atoms with E-state index in [1.807, 2.05) is 9.97 Å². The summed E-state index contributed by atoms with van der Waals surface area (Å²) in [6, 6.07) is 0. The molecule has 90 valence electrons. The molecule has 0 atom stereocenters. The number of aliphatic imine (C=N–C) groups is 1. The van der Waals surface area contributed by atoms with Gasteiger partial charge in [0.2, 0.25) is 5.88 Å². The number of aromatic nitrogens is 2. The highest BCUT2D eigenvalue weighted by atomic mass is 16.3. The van der Waals surface area contributed by atoms with Crippen LogP contribution in [0.15, 0.2) is 33.1 Å². The molecule has 0 aliphatic rings. The summed E-state index contributed by atoms with van der Waals surface area (Å²) in [5.74, 6) is -0.548. The second-order valence-electron chi connectivity index (χ2n) is 3.17. The van der Waals surface area contributed by atoms with Gasteiger partial charge in [0.05, 0.1) is 11.4 Å². The van der Waals surface area contributed by atoms with Crippen LogP contribution in [0.1, 0.15) is 12.5 Å². The number of allylic oxidation sites excluding steroid dienone is 1. The van der Waals surface area contributed by atoms with E-state index in [9.17, 15) is 14.7 Å². The van der Waals surface area contributed by atoms with Crippen LogP contribution in [-0.4, -0.2) is 20.8 Å². The highest BCUT2D eigenvalue weighted by molar-refractivity contribution is 6.01. The molecule has 0 unspecified atom stereocenters. The minimum absolute atomic E-state index is 0.138. The lowest BCUT2D eigenvalue weighted by atomic mass is 10.2. The Hall–Kier alpha value is -2.57. The summed E-state index contributed by atoms with van der Waals surface area (Å²) in [6.45, 7) is 5.02. The zero-order valence-corrected chi connectivity index (χ0v) is 9.15. The second-order valence-corrected chi connectivity index (χ2v) is 3.17. The first-order chi connectivity index (χ1) is 7.95. The monoisotopic (exact) mass is 236 g/mol. The van der Waals surface area contributed by atoms with Crippen LogP contribution in [0.5, 0.6) is 5.88 Å². The van der Waals surface area contributed by atoms with Crippen molar-refractivity contribution in [3.8, 4) is 5.88 Å². The molecule has 5 N–H and O–H groups in total. The number of aromatic amines is 2. The van der Waals surface area contributed by atoms with E-state index in [2.05, 4.69) is 11.6 Å². The number of nitrogens with two attached hydrogens (primary N) is 1. The standard InChI is InChI=1S/C10H12N4O3/c1-3-12-5(2)7(11)4-6-8(15)13-10(17)14-9(6)16/h3-4H,1,11H2,2H3,(H3,13,14,15,16,17).